The van der Waals surface area contributed by atoms with Gasteiger partial charge in [-0.3, -0.25) is 9.78 Å². The Bertz CT molecular complexity index is 443. The van der Waals surface area contributed by atoms with Crippen molar-refractivity contribution in [1.29, 1.82) is 0 Å². The second-order valence-electron chi connectivity index (χ2n) is 4.67. The van der Waals surface area contributed by atoms with Gasteiger partial charge in [-0.1, -0.05) is 18.5 Å². The molecule has 0 fully saturated rings. The van der Waals surface area contributed by atoms with Crippen LogP contribution in [0.4, 0.5) is 0 Å². The van der Waals surface area contributed by atoms with E-state index in [2.05, 4.69) is 10.3 Å². The van der Waals surface area contributed by atoms with Crippen LogP contribution in [0.5, 0.6) is 0 Å². The van der Waals surface area contributed by atoms with E-state index in [0.29, 0.717) is 5.02 Å². The van der Waals surface area contributed by atoms with Crippen LogP contribution in [0, 0.1) is 0 Å². The quantitative estimate of drug-likeness (QED) is 0.817. The first-order valence-electron chi connectivity index (χ1n) is 5.43. The maximum absolute atomic E-state index is 11.9. The predicted molar refractivity (Wildman–Crippen MR) is 63.4 cm³/mol. The number of hydrogen-bond donors (Lipinski definition) is 1. The number of nitrogens with one attached hydrogen (secondary N) is 1. The summed E-state index contributed by atoms with van der Waals surface area (Å²) in [7, 11) is 0. The summed E-state index contributed by atoms with van der Waals surface area (Å²) in [6.45, 7) is 5.90. The van der Waals surface area contributed by atoms with Crippen molar-refractivity contribution in [3.05, 3.63) is 28.5 Å². The highest BCUT2D eigenvalue weighted by atomic mass is 35.5. The number of pyridine rings is 1. The monoisotopic (exact) mass is 238 g/mol. The molecule has 2 heterocycles. The summed E-state index contributed by atoms with van der Waals surface area (Å²) in [5, 5.41) is 3.57. The Labute approximate surface area is 100 Å². The highest BCUT2D eigenvalue weighted by Crippen LogP contribution is 2.35. The fourth-order valence-electron chi connectivity index (χ4n) is 2.24. The number of halogens is 1. The Morgan fingerprint density at radius 3 is 2.88 bits per heavy atom. The van der Waals surface area contributed by atoms with Gasteiger partial charge in [0, 0.05) is 6.20 Å². The number of carbonyl (C=O) groups is 1. The van der Waals surface area contributed by atoms with E-state index in [9.17, 15) is 4.79 Å². The Hall–Kier alpha value is -1.09. The van der Waals surface area contributed by atoms with Crippen LogP contribution < -0.4 is 5.32 Å². The lowest BCUT2D eigenvalue weighted by molar-refractivity contribution is -0.125. The molecule has 1 aliphatic heterocycles. The number of nitrogens with zero attached hydrogens (tertiary/aromatic N) is 1. The first-order valence-corrected chi connectivity index (χ1v) is 5.81. The molecule has 86 valence electrons. The molecule has 3 nitrogen and oxygen atoms in total. The molecular formula is C12H15ClN2O. The molecule has 1 N–H and O–H groups in total. The average Bonchev–Trinajstić information content (AvgIpc) is 2.16. The molecule has 4 heteroatoms. The molecule has 1 aromatic rings. The second kappa shape index (κ2) is 3.74. The molecule has 2 rings (SSSR count). The van der Waals surface area contributed by atoms with Crippen LogP contribution in [-0.2, 0) is 10.3 Å². The van der Waals surface area contributed by atoms with Gasteiger partial charge in [0.25, 0.3) is 0 Å². The van der Waals surface area contributed by atoms with Crippen molar-refractivity contribution in [3.8, 4) is 0 Å². The van der Waals surface area contributed by atoms with Crippen LogP contribution in [-0.4, -0.2) is 10.9 Å². The van der Waals surface area contributed by atoms with E-state index in [0.717, 1.165) is 17.7 Å². The number of hydrogen-bond acceptors (Lipinski definition) is 2. The first kappa shape index (κ1) is 11.4. The number of aromatic nitrogens is 1. The van der Waals surface area contributed by atoms with Gasteiger partial charge in [-0.05, 0) is 31.9 Å². The molecule has 16 heavy (non-hydrogen) atoms. The van der Waals surface area contributed by atoms with Gasteiger partial charge in [0.1, 0.15) is 0 Å². The zero-order chi connectivity index (χ0) is 11.9. The summed E-state index contributed by atoms with van der Waals surface area (Å²) < 4.78 is 0. The van der Waals surface area contributed by atoms with E-state index in [-0.39, 0.29) is 11.8 Å². The smallest absolute Gasteiger partial charge is 0.228 e. The largest absolute Gasteiger partial charge is 0.345 e. The fourth-order valence-corrected chi connectivity index (χ4v) is 2.41. The Morgan fingerprint density at radius 2 is 2.25 bits per heavy atom. The van der Waals surface area contributed by atoms with E-state index in [1.165, 1.54) is 0 Å². The molecule has 1 amide bonds. The number of rotatable bonds is 1. The molecule has 1 aliphatic rings. The van der Waals surface area contributed by atoms with Crippen LogP contribution >= 0.6 is 11.6 Å². The average molecular weight is 239 g/mol. The van der Waals surface area contributed by atoms with Crippen LogP contribution in [0.15, 0.2) is 12.3 Å². The van der Waals surface area contributed by atoms with Crippen molar-refractivity contribution in [3.63, 3.8) is 0 Å². The summed E-state index contributed by atoms with van der Waals surface area (Å²) >= 11 is 5.95. The maximum Gasteiger partial charge on any atom is 0.228 e. The van der Waals surface area contributed by atoms with Crippen molar-refractivity contribution in [2.24, 2.45) is 0 Å². The zero-order valence-corrected chi connectivity index (χ0v) is 10.4. The zero-order valence-electron chi connectivity index (χ0n) is 9.67. The molecule has 0 saturated carbocycles. The standard InChI is InChI=1S/C12H15ClN2O/c1-4-8-9-5-7(13)6-14-10(9)12(2,3)15-11(8)16/h5-6,8H,4H2,1-3H3,(H,15,16). The summed E-state index contributed by atoms with van der Waals surface area (Å²) in [4.78, 5) is 16.3. The third-order valence-electron chi connectivity index (χ3n) is 3.01. The minimum absolute atomic E-state index is 0.0593. The Balaban J connectivity index is 2.62. The molecule has 0 aromatic carbocycles. The second-order valence-corrected chi connectivity index (χ2v) is 5.10. The summed E-state index contributed by atoms with van der Waals surface area (Å²) in [6, 6.07) is 1.86. The third kappa shape index (κ3) is 1.69. The molecule has 0 spiro atoms. The topological polar surface area (TPSA) is 42.0 Å². The Kier molecular flexibility index (Phi) is 2.66. The minimum Gasteiger partial charge on any atom is -0.345 e. The van der Waals surface area contributed by atoms with Gasteiger partial charge < -0.3 is 5.32 Å². The van der Waals surface area contributed by atoms with Crippen molar-refractivity contribution in [2.45, 2.75) is 38.6 Å². The molecule has 0 aliphatic carbocycles. The predicted octanol–water partition coefficient (Wildman–Crippen LogP) is 2.59. The molecule has 1 atom stereocenters. The molecule has 0 saturated heterocycles. The van der Waals surface area contributed by atoms with Gasteiger partial charge in [-0.25, -0.2) is 0 Å². The van der Waals surface area contributed by atoms with Crippen molar-refractivity contribution < 1.29 is 4.79 Å². The molecule has 0 radical (unpaired) electrons. The van der Waals surface area contributed by atoms with Crippen molar-refractivity contribution >= 4 is 17.5 Å². The van der Waals surface area contributed by atoms with E-state index < -0.39 is 5.54 Å². The first-order chi connectivity index (χ1) is 7.45. The summed E-state index contributed by atoms with van der Waals surface area (Å²) in [6.07, 6.45) is 2.39. The van der Waals surface area contributed by atoms with E-state index in [1.54, 1.807) is 6.20 Å². The number of amides is 1. The molecule has 1 aromatic heterocycles. The highest BCUT2D eigenvalue weighted by molar-refractivity contribution is 6.30. The summed E-state index contributed by atoms with van der Waals surface area (Å²) in [5.41, 5.74) is 1.47. The molecule has 0 bridgehead atoms. The van der Waals surface area contributed by atoms with Crippen LogP contribution in [0.25, 0.3) is 0 Å². The highest BCUT2D eigenvalue weighted by Gasteiger charge is 2.38. The minimum atomic E-state index is -0.414. The number of fused-ring (bicyclic) bond motifs is 1. The fraction of sp³-hybridized carbons (Fsp3) is 0.500. The van der Waals surface area contributed by atoms with Gasteiger partial charge in [0.05, 0.1) is 22.2 Å². The van der Waals surface area contributed by atoms with Gasteiger partial charge in [-0.2, -0.15) is 0 Å². The number of carbonyl (C=O) groups excluding carboxylic acids is 1. The van der Waals surface area contributed by atoms with Crippen molar-refractivity contribution in [1.82, 2.24) is 10.3 Å². The van der Waals surface area contributed by atoms with Crippen LogP contribution in [0.1, 0.15) is 44.4 Å². The SMILES string of the molecule is CCC1C(=O)NC(C)(C)c2ncc(Cl)cc21. The van der Waals surface area contributed by atoms with Gasteiger partial charge >= 0.3 is 0 Å². The summed E-state index contributed by atoms with van der Waals surface area (Å²) in [5.74, 6) is -0.0710. The van der Waals surface area contributed by atoms with Gasteiger partial charge in [-0.15, -0.1) is 0 Å². The van der Waals surface area contributed by atoms with Gasteiger partial charge in [0.15, 0.2) is 0 Å². The van der Waals surface area contributed by atoms with E-state index in [4.69, 9.17) is 11.6 Å². The lowest BCUT2D eigenvalue weighted by Crippen LogP contribution is -2.49. The normalized spacial score (nSPS) is 22.5. The maximum atomic E-state index is 11.9. The Morgan fingerprint density at radius 1 is 1.56 bits per heavy atom. The van der Waals surface area contributed by atoms with Crippen LogP contribution in [0.2, 0.25) is 5.02 Å². The van der Waals surface area contributed by atoms with Crippen molar-refractivity contribution in [2.75, 3.05) is 0 Å². The van der Waals surface area contributed by atoms with E-state index >= 15 is 0 Å². The molecular weight excluding hydrogens is 224 g/mol. The molecule has 1 unspecified atom stereocenters. The lowest BCUT2D eigenvalue weighted by atomic mass is 9.82. The third-order valence-corrected chi connectivity index (χ3v) is 3.22. The van der Waals surface area contributed by atoms with Crippen LogP contribution in [0.3, 0.4) is 0 Å². The van der Waals surface area contributed by atoms with E-state index in [1.807, 2.05) is 26.8 Å². The van der Waals surface area contributed by atoms with Gasteiger partial charge in [0.2, 0.25) is 5.91 Å². The lowest BCUT2D eigenvalue weighted by Gasteiger charge is -2.36.